The highest BCUT2D eigenvalue weighted by molar-refractivity contribution is 5.92. The van der Waals surface area contributed by atoms with E-state index in [4.69, 9.17) is 4.52 Å². The van der Waals surface area contributed by atoms with Crippen LogP contribution in [0, 0.1) is 0 Å². The van der Waals surface area contributed by atoms with Crippen molar-refractivity contribution in [3.05, 3.63) is 17.5 Å². The summed E-state index contributed by atoms with van der Waals surface area (Å²) in [5.41, 5.74) is 0.352. The summed E-state index contributed by atoms with van der Waals surface area (Å²) < 4.78 is 5.20. The van der Waals surface area contributed by atoms with Gasteiger partial charge in [-0.1, -0.05) is 5.16 Å². The number of nitrogens with one attached hydrogen (secondary N) is 1. The molecule has 0 spiro atoms. The Morgan fingerprint density at radius 3 is 2.86 bits per heavy atom. The molecular formula is C15H22N4O3. The molecule has 2 aliphatic rings. The predicted molar refractivity (Wildman–Crippen MR) is 79.5 cm³/mol. The van der Waals surface area contributed by atoms with E-state index in [-0.39, 0.29) is 17.9 Å². The first-order valence-electron chi connectivity index (χ1n) is 7.73. The lowest BCUT2D eigenvalue weighted by Crippen LogP contribution is -2.40. The van der Waals surface area contributed by atoms with E-state index >= 15 is 0 Å². The van der Waals surface area contributed by atoms with Crippen LogP contribution in [0.15, 0.2) is 10.6 Å². The van der Waals surface area contributed by atoms with Crippen molar-refractivity contribution >= 4 is 11.8 Å². The fourth-order valence-electron chi connectivity index (χ4n) is 2.64. The highest BCUT2D eigenvalue weighted by atomic mass is 16.5. The monoisotopic (exact) mass is 306 g/mol. The molecule has 0 aromatic carbocycles. The molecule has 1 atom stereocenters. The molecule has 1 aliphatic carbocycles. The molecule has 1 saturated carbocycles. The van der Waals surface area contributed by atoms with Crippen LogP contribution in [0.2, 0.25) is 0 Å². The van der Waals surface area contributed by atoms with E-state index in [0.29, 0.717) is 24.7 Å². The Bertz CT molecular complexity index is 565. The number of likely N-dealkylation sites (N-methyl/N-ethyl adjacent to an activating group) is 1. The fourth-order valence-corrected chi connectivity index (χ4v) is 2.64. The Hall–Kier alpha value is -1.89. The van der Waals surface area contributed by atoms with Gasteiger partial charge in [-0.3, -0.25) is 14.5 Å². The SMILES string of the molecule is CN(C)C(=O)CN1CCC(NC(=O)c2cc(C3CC3)on2)C1. The quantitative estimate of drug-likeness (QED) is 0.854. The van der Waals surface area contributed by atoms with E-state index in [9.17, 15) is 9.59 Å². The van der Waals surface area contributed by atoms with Crippen molar-refractivity contribution < 1.29 is 14.1 Å². The second-order valence-electron chi connectivity index (χ2n) is 6.37. The lowest BCUT2D eigenvalue weighted by Gasteiger charge is -2.18. The van der Waals surface area contributed by atoms with Gasteiger partial charge in [0.1, 0.15) is 5.76 Å². The zero-order valence-electron chi connectivity index (χ0n) is 13.0. The third-order valence-corrected chi connectivity index (χ3v) is 4.21. The molecule has 0 radical (unpaired) electrons. The number of nitrogens with zero attached hydrogens (tertiary/aromatic N) is 3. The maximum absolute atomic E-state index is 12.2. The molecule has 1 aliphatic heterocycles. The van der Waals surface area contributed by atoms with Crippen LogP contribution >= 0.6 is 0 Å². The van der Waals surface area contributed by atoms with Gasteiger partial charge >= 0.3 is 0 Å². The molecule has 1 saturated heterocycles. The van der Waals surface area contributed by atoms with Gasteiger partial charge in [-0.15, -0.1) is 0 Å². The maximum Gasteiger partial charge on any atom is 0.273 e. The van der Waals surface area contributed by atoms with Crippen molar-refractivity contribution in [1.82, 2.24) is 20.3 Å². The minimum absolute atomic E-state index is 0.0588. The molecule has 7 nitrogen and oxygen atoms in total. The second-order valence-corrected chi connectivity index (χ2v) is 6.37. The molecule has 1 unspecified atom stereocenters. The van der Waals surface area contributed by atoms with E-state index in [1.165, 1.54) is 0 Å². The Labute approximate surface area is 129 Å². The molecule has 1 N–H and O–H groups in total. The van der Waals surface area contributed by atoms with Crippen LogP contribution in [0.25, 0.3) is 0 Å². The Balaban J connectivity index is 1.48. The number of hydrogen-bond acceptors (Lipinski definition) is 5. The Morgan fingerprint density at radius 2 is 2.18 bits per heavy atom. The van der Waals surface area contributed by atoms with Gasteiger partial charge in [0.15, 0.2) is 5.69 Å². The summed E-state index contributed by atoms with van der Waals surface area (Å²) in [7, 11) is 3.50. The van der Waals surface area contributed by atoms with Gasteiger partial charge in [-0.2, -0.15) is 0 Å². The minimum Gasteiger partial charge on any atom is -0.360 e. The first-order valence-corrected chi connectivity index (χ1v) is 7.73. The minimum atomic E-state index is -0.193. The Kier molecular flexibility index (Phi) is 4.15. The zero-order valence-corrected chi connectivity index (χ0v) is 13.0. The van der Waals surface area contributed by atoms with Crippen LogP contribution in [0.1, 0.15) is 41.4 Å². The van der Waals surface area contributed by atoms with Crippen molar-refractivity contribution in [1.29, 1.82) is 0 Å². The van der Waals surface area contributed by atoms with Crippen molar-refractivity contribution in [2.75, 3.05) is 33.7 Å². The molecule has 3 rings (SSSR count). The number of hydrogen-bond donors (Lipinski definition) is 1. The van der Waals surface area contributed by atoms with Crippen molar-refractivity contribution in [2.24, 2.45) is 0 Å². The summed E-state index contributed by atoms with van der Waals surface area (Å²) in [6.07, 6.45) is 3.08. The van der Waals surface area contributed by atoms with Crippen LogP contribution in [-0.4, -0.2) is 66.5 Å². The van der Waals surface area contributed by atoms with E-state index in [1.807, 2.05) is 0 Å². The van der Waals surface area contributed by atoms with Gasteiger partial charge in [0.25, 0.3) is 5.91 Å². The van der Waals surface area contributed by atoms with E-state index in [2.05, 4.69) is 15.4 Å². The number of aromatic nitrogens is 1. The maximum atomic E-state index is 12.2. The molecule has 1 aromatic heterocycles. The molecule has 2 amide bonds. The molecule has 2 fully saturated rings. The van der Waals surface area contributed by atoms with Crippen LogP contribution in [0.5, 0.6) is 0 Å². The normalized spacial score (nSPS) is 21.8. The average Bonchev–Trinajstić information content (AvgIpc) is 3.04. The average molecular weight is 306 g/mol. The predicted octanol–water partition coefficient (Wildman–Crippen LogP) is 0.444. The standard InChI is InChI=1S/C15H22N4O3/c1-18(2)14(20)9-19-6-5-11(8-19)16-15(21)12-7-13(22-17-12)10-3-4-10/h7,10-11H,3-6,8-9H2,1-2H3,(H,16,21). The van der Waals surface area contributed by atoms with Gasteiger partial charge in [0.2, 0.25) is 5.91 Å². The summed E-state index contributed by atoms with van der Waals surface area (Å²) in [5.74, 6) is 1.15. The van der Waals surface area contributed by atoms with Gasteiger partial charge in [0.05, 0.1) is 6.54 Å². The molecule has 1 aromatic rings. The van der Waals surface area contributed by atoms with Gasteiger partial charge < -0.3 is 14.7 Å². The molecule has 22 heavy (non-hydrogen) atoms. The highest BCUT2D eigenvalue weighted by Crippen LogP contribution is 2.40. The lowest BCUT2D eigenvalue weighted by atomic mass is 10.2. The number of carbonyl (C=O) groups excluding carboxylic acids is 2. The Morgan fingerprint density at radius 1 is 1.41 bits per heavy atom. The van der Waals surface area contributed by atoms with Crippen LogP contribution in [-0.2, 0) is 4.79 Å². The summed E-state index contributed by atoms with van der Waals surface area (Å²) in [4.78, 5) is 27.5. The fraction of sp³-hybridized carbons (Fsp3) is 0.667. The van der Waals surface area contributed by atoms with E-state index < -0.39 is 0 Å². The number of rotatable bonds is 5. The largest absolute Gasteiger partial charge is 0.360 e. The smallest absolute Gasteiger partial charge is 0.273 e. The summed E-state index contributed by atoms with van der Waals surface area (Å²) in [5, 5.41) is 6.82. The van der Waals surface area contributed by atoms with E-state index in [1.54, 1.807) is 25.1 Å². The van der Waals surface area contributed by atoms with Crippen LogP contribution < -0.4 is 5.32 Å². The molecule has 2 heterocycles. The van der Waals surface area contributed by atoms with Crippen LogP contribution in [0.4, 0.5) is 0 Å². The lowest BCUT2D eigenvalue weighted by molar-refractivity contribution is -0.129. The van der Waals surface area contributed by atoms with Crippen molar-refractivity contribution in [3.63, 3.8) is 0 Å². The zero-order chi connectivity index (χ0) is 15.7. The van der Waals surface area contributed by atoms with Crippen LogP contribution in [0.3, 0.4) is 0 Å². The number of carbonyl (C=O) groups is 2. The van der Waals surface area contributed by atoms with E-state index in [0.717, 1.165) is 31.6 Å². The summed E-state index contributed by atoms with van der Waals surface area (Å²) in [6, 6.07) is 1.80. The first-order chi connectivity index (χ1) is 10.5. The topological polar surface area (TPSA) is 78.7 Å². The molecule has 7 heteroatoms. The van der Waals surface area contributed by atoms with Gasteiger partial charge in [-0.05, 0) is 19.3 Å². The molecular weight excluding hydrogens is 284 g/mol. The third-order valence-electron chi connectivity index (χ3n) is 4.21. The highest BCUT2D eigenvalue weighted by Gasteiger charge is 2.30. The van der Waals surface area contributed by atoms with Gasteiger partial charge in [0, 0.05) is 45.2 Å². The molecule has 120 valence electrons. The molecule has 0 bridgehead atoms. The van der Waals surface area contributed by atoms with Crippen molar-refractivity contribution in [3.8, 4) is 0 Å². The first kappa shape index (κ1) is 15.0. The summed E-state index contributed by atoms with van der Waals surface area (Å²) in [6.45, 7) is 1.91. The second kappa shape index (κ2) is 6.08. The third kappa shape index (κ3) is 3.47. The number of amides is 2. The van der Waals surface area contributed by atoms with Gasteiger partial charge in [-0.25, -0.2) is 0 Å². The van der Waals surface area contributed by atoms with Crippen molar-refractivity contribution in [2.45, 2.75) is 31.2 Å². The summed E-state index contributed by atoms with van der Waals surface area (Å²) >= 11 is 0. The number of likely N-dealkylation sites (tertiary alicyclic amines) is 1.